The molecule has 2 rings (SSSR count). The molecule has 25 heavy (non-hydrogen) atoms. The van der Waals surface area contributed by atoms with Crippen LogP contribution in [-0.4, -0.2) is 48.4 Å². The number of esters is 1. The normalized spacial score (nSPS) is 16.2. The summed E-state index contributed by atoms with van der Waals surface area (Å²) in [5.74, 6) is -1.62. The van der Waals surface area contributed by atoms with Crippen LogP contribution in [0.15, 0.2) is 24.3 Å². The van der Waals surface area contributed by atoms with Crippen LogP contribution in [0.5, 0.6) is 0 Å². The Labute approximate surface area is 146 Å². The highest BCUT2D eigenvalue weighted by Crippen LogP contribution is 2.21. The molecule has 1 aromatic carbocycles. The molecule has 136 valence electrons. The number of nitrogens with zero attached hydrogens (tertiary/aromatic N) is 1. The molecule has 7 heteroatoms. The minimum absolute atomic E-state index is 0.178. The van der Waals surface area contributed by atoms with Crippen LogP contribution in [0.1, 0.15) is 37.0 Å². The molecule has 0 spiro atoms. The molecule has 1 aromatic rings. The van der Waals surface area contributed by atoms with Crippen molar-refractivity contribution in [3.8, 4) is 0 Å². The third kappa shape index (κ3) is 5.01. The molecule has 0 aromatic heterocycles. The predicted octanol–water partition coefficient (Wildman–Crippen LogP) is 1.75. The number of piperidine rings is 1. The summed E-state index contributed by atoms with van der Waals surface area (Å²) >= 11 is 0. The number of carbonyl (C=O) groups excluding carboxylic acids is 3. The third-order valence-corrected chi connectivity index (χ3v) is 4.22. The fraction of sp³-hybridized carbons (Fsp3) is 0.500. The van der Waals surface area contributed by atoms with Gasteiger partial charge in [0.1, 0.15) is 5.82 Å². The van der Waals surface area contributed by atoms with Gasteiger partial charge < -0.3 is 15.0 Å². The molecule has 1 aliphatic heterocycles. The van der Waals surface area contributed by atoms with Crippen molar-refractivity contribution >= 4 is 17.8 Å². The standard InChI is InChI=1S/C18H23FN2O4/c1-3-20-16(22)12(2)25-18(24)14-8-10-21(11-9-14)17(23)13-4-6-15(19)7-5-13/h4-7,12,14H,3,8-11H2,1-2H3,(H,20,22)/t12-/m0/s1. The highest BCUT2D eigenvalue weighted by molar-refractivity contribution is 5.94. The van der Waals surface area contributed by atoms with Crippen LogP contribution in [-0.2, 0) is 14.3 Å². The second kappa shape index (κ2) is 8.60. The number of ether oxygens (including phenoxy) is 1. The number of amides is 2. The van der Waals surface area contributed by atoms with Gasteiger partial charge in [-0.05, 0) is 51.0 Å². The number of benzene rings is 1. The SMILES string of the molecule is CCNC(=O)[C@H](C)OC(=O)C1CCN(C(=O)c2ccc(F)cc2)CC1. The monoisotopic (exact) mass is 350 g/mol. The Balaban J connectivity index is 1.84. The minimum Gasteiger partial charge on any atom is -0.452 e. The summed E-state index contributed by atoms with van der Waals surface area (Å²) in [4.78, 5) is 37.8. The fourth-order valence-electron chi connectivity index (χ4n) is 2.74. The molecule has 1 fully saturated rings. The minimum atomic E-state index is -0.827. The Morgan fingerprint density at radius 3 is 2.40 bits per heavy atom. The molecular weight excluding hydrogens is 327 g/mol. The Morgan fingerprint density at radius 2 is 1.84 bits per heavy atom. The van der Waals surface area contributed by atoms with Crippen molar-refractivity contribution < 1.29 is 23.5 Å². The van der Waals surface area contributed by atoms with Crippen LogP contribution in [0.2, 0.25) is 0 Å². The van der Waals surface area contributed by atoms with Crippen molar-refractivity contribution in [2.45, 2.75) is 32.8 Å². The van der Waals surface area contributed by atoms with E-state index in [1.54, 1.807) is 11.8 Å². The summed E-state index contributed by atoms with van der Waals surface area (Å²) in [6.07, 6.45) is 0.133. The molecule has 2 amide bonds. The first-order chi connectivity index (χ1) is 11.9. The second-order valence-electron chi connectivity index (χ2n) is 6.05. The van der Waals surface area contributed by atoms with Crippen LogP contribution in [0.4, 0.5) is 4.39 Å². The zero-order valence-electron chi connectivity index (χ0n) is 14.5. The quantitative estimate of drug-likeness (QED) is 0.821. The van der Waals surface area contributed by atoms with E-state index in [1.807, 2.05) is 0 Å². The van der Waals surface area contributed by atoms with E-state index in [0.29, 0.717) is 38.0 Å². The average Bonchev–Trinajstić information content (AvgIpc) is 2.62. The number of halogens is 1. The van der Waals surface area contributed by atoms with E-state index in [0.717, 1.165) is 0 Å². The smallest absolute Gasteiger partial charge is 0.309 e. The lowest BCUT2D eigenvalue weighted by molar-refractivity contribution is -0.160. The third-order valence-electron chi connectivity index (χ3n) is 4.22. The predicted molar refractivity (Wildman–Crippen MR) is 89.3 cm³/mol. The molecule has 0 aliphatic carbocycles. The largest absolute Gasteiger partial charge is 0.452 e. The number of carbonyl (C=O) groups is 3. The maximum Gasteiger partial charge on any atom is 0.309 e. The lowest BCUT2D eigenvalue weighted by Crippen LogP contribution is -2.42. The summed E-state index contributed by atoms with van der Waals surface area (Å²) < 4.78 is 18.1. The van der Waals surface area contributed by atoms with Gasteiger partial charge in [-0.25, -0.2) is 4.39 Å². The number of hydrogen-bond donors (Lipinski definition) is 1. The molecular formula is C18H23FN2O4. The molecule has 0 unspecified atom stereocenters. The Morgan fingerprint density at radius 1 is 1.24 bits per heavy atom. The number of nitrogens with one attached hydrogen (secondary N) is 1. The van der Waals surface area contributed by atoms with Crippen molar-refractivity contribution in [2.75, 3.05) is 19.6 Å². The van der Waals surface area contributed by atoms with Gasteiger partial charge in [-0.15, -0.1) is 0 Å². The number of likely N-dealkylation sites (N-methyl/N-ethyl adjacent to an activating group) is 1. The first-order valence-electron chi connectivity index (χ1n) is 8.45. The summed E-state index contributed by atoms with van der Waals surface area (Å²) in [5, 5.41) is 2.60. The van der Waals surface area contributed by atoms with Crippen molar-refractivity contribution in [3.63, 3.8) is 0 Å². The van der Waals surface area contributed by atoms with Gasteiger partial charge in [0.05, 0.1) is 5.92 Å². The maximum atomic E-state index is 12.9. The second-order valence-corrected chi connectivity index (χ2v) is 6.05. The molecule has 1 saturated heterocycles. The lowest BCUT2D eigenvalue weighted by Gasteiger charge is -2.31. The molecule has 0 saturated carbocycles. The van der Waals surface area contributed by atoms with Crippen LogP contribution in [0.25, 0.3) is 0 Å². The molecule has 1 aliphatic rings. The van der Waals surface area contributed by atoms with Crippen molar-refractivity contribution in [1.29, 1.82) is 0 Å². The van der Waals surface area contributed by atoms with Crippen LogP contribution >= 0.6 is 0 Å². The van der Waals surface area contributed by atoms with E-state index < -0.39 is 12.1 Å². The van der Waals surface area contributed by atoms with E-state index in [4.69, 9.17) is 4.74 Å². The van der Waals surface area contributed by atoms with Gasteiger partial charge in [-0.1, -0.05) is 0 Å². The molecule has 0 radical (unpaired) electrons. The fourth-order valence-corrected chi connectivity index (χ4v) is 2.74. The van der Waals surface area contributed by atoms with Gasteiger partial charge >= 0.3 is 5.97 Å². The van der Waals surface area contributed by atoms with Gasteiger partial charge in [0.15, 0.2) is 6.10 Å². The van der Waals surface area contributed by atoms with E-state index in [9.17, 15) is 18.8 Å². The summed E-state index contributed by atoms with van der Waals surface area (Å²) in [6.45, 7) is 4.65. The zero-order chi connectivity index (χ0) is 18.4. The van der Waals surface area contributed by atoms with Gasteiger partial charge in [0.2, 0.25) is 0 Å². The Hall–Kier alpha value is -2.44. The zero-order valence-corrected chi connectivity index (χ0v) is 14.5. The van der Waals surface area contributed by atoms with Crippen molar-refractivity contribution in [1.82, 2.24) is 10.2 Å². The summed E-state index contributed by atoms with van der Waals surface area (Å²) in [7, 11) is 0. The van der Waals surface area contributed by atoms with Gasteiger partial charge in [-0.3, -0.25) is 14.4 Å². The number of hydrogen-bond acceptors (Lipinski definition) is 4. The Bertz CT molecular complexity index is 624. The molecule has 6 nitrogen and oxygen atoms in total. The first-order valence-corrected chi connectivity index (χ1v) is 8.45. The summed E-state index contributed by atoms with van der Waals surface area (Å²) in [5.41, 5.74) is 0.423. The van der Waals surface area contributed by atoms with Crippen LogP contribution in [0, 0.1) is 11.7 Å². The molecule has 1 N–H and O–H groups in total. The van der Waals surface area contributed by atoms with Crippen molar-refractivity contribution in [3.05, 3.63) is 35.6 Å². The highest BCUT2D eigenvalue weighted by Gasteiger charge is 2.30. The maximum absolute atomic E-state index is 12.9. The van der Waals surface area contributed by atoms with E-state index in [1.165, 1.54) is 31.2 Å². The first kappa shape index (κ1) is 18.9. The van der Waals surface area contributed by atoms with Crippen LogP contribution < -0.4 is 5.32 Å². The van der Waals surface area contributed by atoms with Gasteiger partial charge in [0, 0.05) is 25.2 Å². The lowest BCUT2D eigenvalue weighted by atomic mass is 9.96. The van der Waals surface area contributed by atoms with E-state index in [-0.39, 0.29) is 23.5 Å². The van der Waals surface area contributed by atoms with Crippen LogP contribution in [0.3, 0.4) is 0 Å². The summed E-state index contributed by atoms with van der Waals surface area (Å²) in [6, 6.07) is 5.40. The Kier molecular flexibility index (Phi) is 6.50. The van der Waals surface area contributed by atoms with Crippen molar-refractivity contribution in [2.24, 2.45) is 5.92 Å². The van der Waals surface area contributed by atoms with E-state index in [2.05, 4.69) is 5.32 Å². The number of rotatable bonds is 5. The van der Waals surface area contributed by atoms with Gasteiger partial charge in [0.25, 0.3) is 11.8 Å². The van der Waals surface area contributed by atoms with Gasteiger partial charge in [-0.2, -0.15) is 0 Å². The topological polar surface area (TPSA) is 75.7 Å². The molecule has 1 heterocycles. The number of likely N-dealkylation sites (tertiary alicyclic amines) is 1. The average molecular weight is 350 g/mol. The highest BCUT2D eigenvalue weighted by atomic mass is 19.1. The van der Waals surface area contributed by atoms with E-state index >= 15 is 0 Å². The molecule has 1 atom stereocenters. The molecule has 0 bridgehead atoms.